The Hall–Kier alpha value is -0.610. The lowest BCUT2D eigenvalue weighted by atomic mass is 9.99. The molecule has 1 N–H and O–H groups in total. The molecule has 1 atom stereocenters. The van der Waals surface area contributed by atoms with Crippen LogP contribution in [0.5, 0.6) is 0 Å². The van der Waals surface area contributed by atoms with E-state index in [0.29, 0.717) is 11.4 Å². The number of hydrogen-bond acceptors (Lipinski definition) is 1. The van der Waals surface area contributed by atoms with Crippen LogP contribution in [0.4, 0.5) is 4.39 Å². The fourth-order valence-corrected chi connectivity index (χ4v) is 2.98. The second-order valence-corrected chi connectivity index (χ2v) is 6.09. The molecule has 0 aliphatic rings. The molecule has 0 fully saturated rings. The summed E-state index contributed by atoms with van der Waals surface area (Å²) in [6.45, 7) is 0. The van der Waals surface area contributed by atoms with Crippen molar-refractivity contribution < 1.29 is 4.39 Å². The van der Waals surface area contributed by atoms with Gasteiger partial charge in [-0.3, -0.25) is 0 Å². The van der Waals surface area contributed by atoms with Crippen molar-refractivity contribution in [1.82, 2.24) is 5.32 Å². The predicted octanol–water partition coefficient (Wildman–Crippen LogP) is 5.40. The van der Waals surface area contributed by atoms with Gasteiger partial charge in [0, 0.05) is 15.5 Å². The zero-order chi connectivity index (χ0) is 14.7. The molecule has 0 radical (unpaired) electrons. The lowest BCUT2D eigenvalue weighted by molar-refractivity contribution is 0.582. The summed E-state index contributed by atoms with van der Waals surface area (Å²) in [5.74, 6) is -0.399. The molecule has 0 amide bonds. The predicted molar refractivity (Wildman–Crippen MR) is 86.1 cm³/mol. The third-order valence-electron chi connectivity index (χ3n) is 3.14. The second-order valence-electron chi connectivity index (χ2n) is 4.42. The lowest BCUT2D eigenvalue weighted by Crippen LogP contribution is -2.19. The Bertz CT molecular complexity index is 619. The Kier molecular flexibility index (Phi) is 5.44. The van der Waals surface area contributed by atoms with E-state index in [2.05, 4.69) is 21.2 Å². The van der Waals surface area contributed by atoms with Gasteiger partial charge < -0.3 is 5.32 Å². The summed E-state index contributed by atoms with van der Waals surface area (Å²) in [4.78, 5) is 0. The number of likely N-dealkylation sites (N-methyl/N-ethyl adjacent to an activating group) is 1. The van der Waals surface area contributed by atoms with Crippen molar-refractivity contribution in [2.75, 3.05) is 7.05 Å². The highest BCUT2D eigenvalue weighted by Crippen LogP contribution is 2.31. The zero-order valence-corrected chi connectivity index (χ0v) is 13.9. The Morgan fingerprint density at radius 1 is 1.25 bits per heavy atom. The highest BCUT2D eigenvalue weighted by atomic mass is 79.9. The monoisotopic (exact) mass is 375 g/mol. The van der Waals surface area contributed by atoms with E-state index >= 15 is 0 Å². The van der Waals surface area contributed by atoms with Crippen LogP contribution in [0.25, 0.3) is 0 Å². The molecular weight excluding hydrogens is 364 g/mol. The van der Waals surface area contributed by atoms with E-state index in [1.54, 1.807) is 6.07 Å². The molecule has 0 heterocycles. The molecule has 2 rings (SSSR count). The van der Waals surface area contributed by atoms with E-state index in [0.717, 1.165) is 15.6 Å². The molecule has 2 aromatic rings. The van der Waals surface area contributed by atoms with E-state index in [-0.39, 0.29) is 11.1 Å². The van der Waals surface area contributed by atoms with Crippen LogP contribution in [0.2, 0.25) is 10.0 Å². The van der Waals surface area contributed by atoms with Crippen LogP contribution >= 0.6 is 39.1 Å². The number of benzene rings is 2. The number of hydrogen-bond donors (Lipinski definition) is 1. The van der Waals surface area contributed by atoms with E-state index in [1.165, 1.54) is 6.07 Å². The van der Waals surface area contributed by atoms with E-state index in [4.69, 9.17) is 23.2 Å². The highest BCUT2D eigenvalue weighted by molar-refractivity contribution is 9.10. The minimum absolute atomic E-state index is 0.0117. The van der Waals surface area contributed by atoms with E-state index in [9.17, 15) is 4.39 Å². The van der Waals surface area contributed by atoms with Gasteiger partial charge in [-0.05, 0) is 48.9 Å². The Balaban J connectivity index is 2.34. The number of rotatable bonds is 4. The van der Waals surface area contributed by atoms with Gasteiger partial charge >= 0.3 is 0 Å². The first-order valence-corrected chi connectivity index (χ1v) is 7.63. The van der Waals surface area contributed by atoms with E-state index < -0.39 is 5.82 Å². The first kappa shape index (κ1) is 15.8. The van der Waals surface area contributed by atoms with Crippen molar-refractivity contribution in [3.8, 4) is 0 Å². The number of nitrogens with one attached hydrogen (secondary N) is 1. The fraction of sp³-hybridized carbons (Fsp3) is 0.200. The van der Waals surface area contributed by atoms with Crippen LogP contribution in [0.1, 0.15) is 17.2 Å². The largest absolute Gasteiger partial charge is 0.313 e. The average Bonchev–Trinajstić information content (AvgIpc) is 2.43. The average molecular weight is 377 g/mol. The van der Waals surface area contributed by atoms with Crippen molar-refractivity contribution in [3.05, 3.63) is 67.9 Å². The molecule has 1 nitrogen and oxygen atoms in total. The van der Waals surface area contributed by atoms with Crippen molar-refractivity contribution in [2.24, 2.45) is 0 Å². The Morgan fingerprint density at radius 2 is 2.00 bits per heavy atom. The van der Waals surface area contributed by atoms with Gasteiger partial charge in [0.15, 0.2) is 0 Å². The number of halogens is 4. The second kappa shape index (κ2) is 6.90. The van der Waals surface area contributed by atoms with Crippen LogP contribution in [0, 0.1) is 5.82 Å². The van der Waals surface area contributed by atoms with Gasteiger partial charge in [-0.2, -0.15) is 0 Å². The minimum Gasteiger partial charge on any atom is -0.313 e. The van der Waals surface area contributed by atoms with Crippen molar-refractivity contribution in [2.45, 2.75) is 12.5 Å². The maximum absolute atomic E-state index is 13.5. The molecule has 1 unspecified atom stereocenters. The fourth-order valence-electron chi connectivity index (χ4n) is 2.08. The first-order chi connectivity index (χ1) is 9.52. The molecule has 5 heteroatoms. The summed E-state index contributed by atoms with van der Waals surface area (Å²) in [6.07, 6.45) is 0.575. The molecule has 20 heavy (non-hydrogen) atoms. The third kappa shape index (κ3) is 3.53. The van der Waals surface area contributed by atoms with Crippen molar-refractivity contribution >= 4 is 39.1 Å². The molecule has 0 spiro atoms. The lowest BCUT2D eigenvalue weighted by Gasteiger charge is -2.19. The molecule has 0 saturated heterocycles. The Morgan fingerprint density at radius 3 is 2.70 bits per heavy atom. The summed E-state index contributed by atoms with van der Waals surface area (Å²) in [7, 11) is 1.85. The van der Waals surface area contributed by atoms with Gasteiger partial charge in [0.05, 0.1) is 5.02 Å². The molecule has 106 valence electrons. The highest BCUT2D eigenvalue weighted by Gasteiger charge is 2.16. The molecule has 0 aliphatic carbocycles. The quantitative estimate of drug-likeness (QED) is 0.753. The van der Waals surface area contributed by atoms with Gasteiger partial charge in [0.25, 0.3) is 0 Å². The van der Waals surface area contributed by atoms with Crippen LogP contribution in [0.15, 0.2) is 40.9 Å². The maximum Gasteiger partial charge on any atom is 0.142 e. The molecular formula is C15H13BrCl2FN. The molecule has 0 bridgehead atoms. The smallest absolute Gasteiger partial charge is 0.142 e. The maximum atomic E-state index is 13.5. The summed E-state index contributed by atoms with van der Waals surface area (Å²) in [5, 5.41) is 4.04. The van der Waals surface area contributed by atoms with Crippen LogP contribution < -0.4 is 5.32 Å². The van der Waals surface area contributed by atoms with Crippen LogP contribution in [-0.2, 0) is 6.42 Å². The van der Waals surface area contributed by atoms with Gasteiger partial charge in [0.2, 0.25) is 0 Å². The first-order valence-electron chi connectivity index (χ1n) is 6.08. The van der Waals surface area contributed by atoms with Gasteiger partial charge in [0.1, 0.15) is 5.82 Å². The summed E-state index contributed by atoms with van der Waals surface area (Å²) in [6, 6.07) is 10.4. The summed E-state index contributed by atoms with van der Waals surface area (Å²) >= 11 is 15.6. The van der Waals surface area contributed by atoms with E-state index in [1.807, 2.05) is 31.3 Å². The summed E-state index contributed by atoms with van der Waals surface area (Å²) in [5.41, 5.74) is 1.78. The van der Waals surface area contributed by atoms with Crippen LogP contribution in [0.3, 0.4) is 0 Å². The third-order valence-corrected chi connectivity index (χ3v) is 4.52. The zero-order valence-electron chi connectivity index (χ0n) is 10.8. The van der Waals surface area contributed by atoms with Gasteiger partial charge in [-0.15, -0.1) is 0 Å². The molecule has 0 aliphatic heterocycles. The molecule has 0 aromatic heterocycles. The standard InChI is InChI=1S/C15H13BrCl2FN/c1-20-14(11-8-10(17)5-6-12(11)16)7-9-3-2-4-13(19)15(9)18/h2-6,8,14,20H,7H2,1H3. The van der Waals surface area contributed by atoms with Crippen molar-refractivity contribution in [3.63, 3.8) is 0 Å². The minimum atomic E-state index is -0.399. The Labute approximate surface area is 136 Å². The van der Waals surface area contributed by atoms with Crippen molar-refractivity contribution in [1.29, 1.82) is 0 Å². The van der Waals surface area contributed by atoms with Crippen LogP contribution in [-0.4, -0.2) is 7.05 Å². The summed E-state index contributed by atoms with van der Waals surface area (Å²) < 4.78 is 14.4. The normalized spacial score (nSPS) is 12.4. The van der Waals surface area contributed by atoms with Gasteiger partial charge in [-0.1, -0.05) is 51.3 Å². The molecule has 0 saturated carbocycles. The SMILES string of the molecule is CNC(Cc1cccc(F)c1Cl)c1cc(Cl)ccc1Br. The molecule has 2 aromatic carbocycles. The van der Waals surface area contributed by atoms with Gasteiger partial charge in [-0.25, -0.2) is 4.39 Å². The topological polar surface area (TPSA) is 12.0 Å².